The van der Waals surface area contributed by atoms with Crippen LogP contribution >= 0.6 is 35.0 Å². The highest BCUT2D eigenvalue weighted by Crippen LogP contribution is 2.32. The average Bonchev–Trinajstić information content (AvgIpc) is 3.14. The molecular formula is C21H14Cl2N4O3S. The van der Waals surface area contributed by atoms with Gasteiger partial charge in [0, 0.05) is 16.1 Å². The van der Waals surface area contributed by atoms with Crippen molar-refractivity contribution >= 4 is 69.1 Å². The van der Waals surface area contributed by atoms with Crippen LogP contribution in [0, 0.1) is 0 Å². The predicted octanol–water partition coefficient (Wildman–Crippen LogP) is 5.76. The van der Waals surface area contributed by atoms with E-state index in [0.717, 1.165) is 0 Å². The van der Waals surface area contributed by atoms with Crippen LogP contribution in [0.3, 0.4) is 0 Å². The van der Waals surface area contributed by atoms with Crippen LogP contribution in [-0.4, -0.2) is 28.0 Å². The summed E-state index contributed by atoms with van der Waals surface area (Å²) < 4.78 is 5.75. The van der Waals surface area contributed by atoms with Crippen LogP contribution < -0.4 is 10.6 Å². The number of halogens is 2. The molecule has 0 saturated carbocycles. The summed E-state index contributed by atoms with van der Waals surface area (Å²) >= 11 is 13.3. The largest absolute Gasteiger partial charge is 0.449 e. The number of anilines is 2. The van der Waals surface area contributed by atoms with Crippen molar-refractivity contribution in [1.82, 2.24) is 9.97 Å². The van der Waals surface area contributed by atoms with Crippen LogP contribution in [0.4, 0.5) is 11.4 Å². The zero-order valence-corrected chi connectivity index (χ0v) is 18.3. The normalized spacial score (nSPS) is 10.8. The number of carbonyl (C=O) groups excluding carboxylic acids is 2. The summed E-state index contributed by atoms with van der Waals surface area (Å²) in [6.45, 7) is 0. The fraction of sp³-hybridized carbons (Fsp3) is 0.0476. The molecule has 0 spiro atoms. The second-order valence-corrected chi connectivity index (χ2v) is 7.89. The van der Waals surface area contributed by atoms with Gasteiger partial charge in [-0.25, -0.2) is 9.97 Å². The van der Waals surface area contributed by atoms with Gasteiger partial charge in [0.15, 0.2) is 10.9 Å². The molecule has 2 amide bonds. The van der Waals surface area contributed by atoms with E-state index in [1.165, 1.54) is 18.0 Å². The second kappa shape index (κ2) is 8.97. The van der Waals surface area contributed by atoms with Crippen molar-refractivity contribution in [3.63, 3.8) is 0 Å². The van der Waals surface area contributed by atoms with Crippen molar-refractivity contribution < 1.29 is 14.0 Å². The van der Waals surface area contributed by atoms with Crippen LogP contribution in [0.1, 0.15) is 21.0 Å². The van der Waals surface area contributed by atoms with E-state index in [2.05, 4.69) is 20.6 Å². The minimum atomic E-state index is -0.588. The number of fused-ring (bicyclic) bond motifs is 1. The molecule has 10 heteroatoms. The Morgan fingerprint density at radius 2 is 1.74 bits per heavy atom. The van der Waals surface area contributed by atoms with Gasteiger partial charge in [-0.3, -0.25) is 9.59 Å². The molecule has 0 aliphatic rings. The third kappa shape index (κ3) is 4.51. The van der Waals surface area contributed by atoms with E-state index in [1.54, 1.807) is 54.8 Å². The number of nitrogens with zero attached hydrogens (tertiary/aromatic N) is 2. The molecule has 0 atom stereocenters. The Morgan fingerprint density at radius 1 is 1.00 bits per heavy atom. The van der Waals surface area contributed by atoms with Crippen molar-refractivity contribution in [3.05, 3.63) is 76.2 Å². The van der Waals surface area contributed by atoms with Crippen LogP contribution in [0.25, 0.3) is 11.0 Å². The molecule has 0 aliphatic carbocycles. The Kier molecular flexibility index (Phi) is 6.13. The Morgan fingerprint density at radius 3 is 2.48 bits per heavy atom. The summed E-state index contributed by atoms with van der Waals surface area (Å²) in [5.74, 6) is -1.18. The number of furan rings is 1. The summed E-state index contributed by atoms with van der Waals surface area (Å²) in [4.78, 5) is 34.1. The summed E-state index contributed by atoms with van der Waals surface area (Å²) in [5, 5.41) is 7.04. The lowest BCUT2D eigenvalue weighted by Crippen LogP contribution is -2.18. The monoisotopic (exact) mass is 472 g/mol. The van der Waals surface area contributed by atoms with Crippen molar-refractivity contribution in [2.75, 3.05) is 16.9 Å². The highest BCUT2D eigenvalue weighted by Gasteiger charge is 2.24. The third-order valence-electron chi connectivity index (χ3n) is 4.26. The summed E-state index contributed by atoms with van der Waals surface area (Å²) in [6, 6.07) is 13.6. The number of rotatable bonds is 5. The van der Waals surface area contributed by atoms with E-state index in [9.17, 15) is 9.59 Å². The average molecular weight is 473 g/mol. The van der Waals surface area contributed by atoms with E-state index < -0.39 is 11.8 Å². The second-order valence-electron chi connectivity index (χ2n) is 6.27. The molecule has 2 N–H and O–H groups in total. The number of benzene rings is 2. The third-order valence-corrected chi connectivity index (χ3v) is 5.35. The summed E-state index contributed by atoms with van der Waals surface area (Å²) in [7, 11) is 0. The maximum atomic E-state index is 12.9. The first-order valence-corrected chi connectivity index (χ1v) is 10.9. The van der Waals surface area contributed by atoms with Gasteiger partial charge in [-0.2, -0.15) is 0 Å². The minimum absolute atomic E-state index is 0.00430. The Hall–Kier alpha value is -3.07. The van der Waals surface area contributed by atoms with Gasteiger partial charge in [0.05, 0.1) is 11.2 Å². The first-order chi connectivity index (χ1) is 15.0. The van der Waals surface area contributed by atoms with Crippen LogP contribution in [-0.2, 0) is 0 Å². The van der Waals surface area contributed by atoms with Gasteiger partial charge in [-0.1, -0.05) is 47.1 Å². The van der Waals surface area contributed by atoms with Gasteiger partial charge in [0.1, 0.15) is 11.3 Å². The van der Waals surface area contributed by atoms with Gasteiger partial charge in [0.25, 0.3) is 11.8 Å². The lowest BCUT2D eigenvalue weighted by molar-refractivity contribution is 0.0999. The molecule has 2 aromatic carbocycles. The van der Waals surface area contributed by atoms with Crippen molar-refractivity contribution in [3.8, 4) is 0 Å². The number of thioether (sulfide) groups is 1. The molecule has 2 heterocycles. The van der Waals surface area contributed by atoms with E-state index in [-0.39, 0.29) is 22.2 Å². The Labute approximate surface area is 191 Å². The molecule has 7 nitrogen and oxygen atoms in total. The summed E-state index contributed by atoms with van der Waals surface area (Å²) in [5.41, 5.74) is 1.18. The topological polar surface area (TPSA) is 97.1 Å². The van der Waals surface area contributed by atoms with Crippen molar-refractivity contribution in [1.29, 1.82) is 0 Å². The van der Waals surface area contributed by atoms with Crippen LogP contribution in [0.2, 0.25) is 10.0 Å². The molecule has 0 aliphatic heterocycles. The van der Waals surface area contributed by atoms with E-state index in [1.807, 2.05) is 0 Å². The molecule has 156 valence electrons. The Balaban J connectivity index is 1.70. The first-order valence-electron chi connectivity index (χ1n) is 8.92. The van der Waals surface area contributed by atoms with Crippen molar-refractivity contribution in [2.24, 2.45) is 0 Å². The van der Waals surface area contributed by atoms with Gasteiger partial charge in [0.2, 0.25) is 5.76 Å². The lowest BCUT2D eigenvalue weighted by atomic mass is 10.2. The van der Waals surface area contributed by atoms with E-state index >= 15 is 0 Å². The number of amides is 2. The van der Waals surface area contributed by atoms with E-state index in [0.29, 0.717) is 26.8 Å². The number of hydrogen-bond donors (Lipinski definition) is 2. The zero-order chi connectivity index (χ0) is 22.0. The maximum Gasteiger partial charge on any atom is 0.293 e. The molecule has 4 rings (SSSR count). The molecule has 0 saturated heterocycles. The fourth-order valence-electron chi connectivity index (χ4n) is 2.83. The van der Waals surface area contributed by atoms with Crippen LogP contribution in [0.5, 0.6) is 0 Å². The molecule has 2 aromatic heterocycles. The number of carbonyl (C=O) groups is 2. The standard InChI is InChI=1S/C21H14Cl2N4O3S/c1-31-21-24-10-14(23)17(27-21)19(28)26-16-13-4-2-3-5-15(13)30-18(16)20(29)25-12-8-6-11(22)7-9-12/h2-10H,1H3,(H,25,29)(H,26,28). The number of nitrogens with one attached hydrogen (secondary N) is 2. The van der Waals surface area contributed by atoms with E-state index in [4.69, 9.17) is 27.6 Å². The smallest absolute Gasteiger partial charge is 0.293 e. The number of hydrogen-bond acceptors (Lipinski definition) is 6. The molecule has 4 aromatic rings. The minimum Gasteiger partial charge on any atom is -0.449 e. The number of para-hydroxylation sites is 1. The predicted molar refractivity (Wildman–Crippen MR) is 122 cm³/mol. The summed E-state index contributed by atoms with van der Waals surface area (Å²) in [6.07, 6.45) is 3.14. The zero-order valence-electron chi connectivity index (χ0n) is 16.0. The first kappa shape index (κ1) is 21.2. The molecule has 0 fully saturated rings. The molecule has 0 radical (unpaired) electrons. The van der Waals surface area contributed by atoms with Gasteiger partial charge < -0.3 is 15.1 Å². The molecule has 31 heavy (non-hydrogen) atoms. The van der Waals surface area contributed by atoms with Crippen LogP contribution in [0.15, 0.2) is 64.3 Å². The van der Waals surface area contributed by atoms with Crippen molar-refractivity contribution in [2.45, 2.75) is 5.16 Å². The quantitative estimate of drug-likeness (QED) is 0.283. The molecular weight excluding hydrogens is 459 g/mol. The lowest BCUT2D eigenvalue weighted by Gasteiger charge is -2.08. The molecule has 0 unspecified atom stereocenters. The van der Waals surface area contributed by atoms with Gasteiger partial charge in [-0.15, -0.1) is 0 Å². The van der Waals surface area contributed by atoms with Gasteiger partial charge >= 0.3 is 0 Å². The SMILES string of the molecule is CSc1ncc(Cl)c(C(=O)Nc2c(C(=O)Nc3ccc(Cl)cc3)oc3ccccc23)n1. The highest BCUT2D eigenvalue weighted by atomic mass is 35.5. The fourth-order valence-corrected chi connectivity index (χ4v) is 3.48. The maximum absolute atomic E-state index is 12.9. The molecule has 0 bridgehead atoms. The number of aromatic nitrogens is 2. The Bertz CT molecular complexity index is 1290. The van der Waals surface area contributed by atoms with Gasteiger partial charge in [-0.05, 0) is 42.7 Å². The highest BCUT2D eigenvalue weighted by molar-refractivity contribution is 7.98.